The second-order valence-corrected chi connectivity index (χ2v) is 5.31. The molecule has 0 bridgehead atoms. The number of nitrogens with one attached hydrogen (secondary N) is 1. The second-order valence-electron chi connectivity index (χ2n) is 5.31. The number of carbonyl (C=O) groups excluding carboxylic acids is 1. The third-order valence-corrected chi connectivity index (χ3v) is 4.12. The Kier molecular flexibility index (Phi) is 6.65. The molecule has 1 aliphatic carbocycles. The van der Waals surface area contributed by atoms with Gasteiger partial charge in [-0.2, -0.15) is 0 Å². The molecular weight excluding hydrogens is 230 g/mol. The zero-order valence-electron chi connectivity index (χ0n) is 12.0. The Morgan fingerprint density at radius 1 is 1.33 bits per heavy atom. The molecule has 4 nitrogen and oxygen atoms in total. The van der Waals surface area contributed by atoms with E-state index in [9.17, 15) is 4.79 Å². The van der Waals surface area contributed by atoms with Gasteiger partial charge in [0.2, 0.25) is 0 Å². The Morgan fingerprint density at radius 2 is 2.00 bits per heavy atom. The van der Waals surface area contributed by atoms with E-state index < -0.39 is 0 Å². The first-order valence-electron chi connectivity index (χ1n) is 6.97. The molecular formula is C14H27NO3. The quantitative estimate of drug-likeness (QED) is 0.677. The normalized spacial score (nSPS) is 19.7. The lowest BCUT2D eigenvalue weighted by molar-refractivity contribution is -0.143. The molecule has 18 heavy (non-hydrogen) atoms. The van der Waals surface area contributed by atoms with E-state index in [4.69, 9.17) is 9.47 Å². The highest BCUT2D eigenvalue weighted by atomic mass is 16.5. The van der Waals surface area contributed by atoms with Crippen LogP contribution in [-0.2, 0) is 14.3 Å². The lowest BCUT2D eigenvalue weighted by atomic mass is 9.82. The average Bonchev–Trinajstić information content (AvgIpc) is 2.86. The van der Waals surface area contributed by atoms with E-state index in [1.807, 2.05) is 6.92 Å². The molecule has 0 spiro atoms. The fourth-order valence-electron chi connectivity index (χ4n) is 2.84. The SMILES string of the molecule is CCC(NCC1(CCOC)CCCC1)C(=O)OC. The molecule has 4 heteroatoms. The number of carbonyl (C=O) groups is 1. The predicted molar refractivity (Wildman–Crippen MR) is 71.5 cm³/mol. The first kappa shape index (κ1) is 15.4. The minimum absolute atomic E-state index is 0.155. The van der Waals surface area contributed by atoms with Crippen LogP contribution in [0.25, 0.3) is 0 Å². The summed E-state index contributed by atoms with van der Waals surface area (Å²) in [6, 6.07) is -0.171. The summed E-state index contributed by atoms with van der Waals surface area (Å²) >= 11 is 0. The van der Waals surface area contributed by atoms with Crippen LogP contribution in [0.5, 0.6) is 0 Å². The number of esters is 1. The van der Waals surface area contributed by atoms with E-state index in [-0.39, 0.29) is 12.0 Å². The summed E-state index contributed by atoms with van der Waals surface area (Å²) in [6.07, 6.45) is 6.91. The first-order valence-corrected chi connectivity index (χ1v) is 6.97. The number of hydrogen-bond acceptors (Lipinski definition) is 4. The van der Waals surface area contributed by atoms with Crippen LogP contribution in [0.15, 0.2) is 0 Å². The number of ether oxygens (including phenoxy) is 2. The van der Waals surface area contributed by atoms with Gasteiger partial charge in [0.15, 0.2) is 0 Å². The summed E-state index contributed by atoms with van der Waals surface area (Å²) < 4.78 is 10.0. The molecule has 106 valence electrons. The maximum absolute atomic E-state index is 11.6. The number of hydrogen-bond donors (Lipinski definition) is 1. The first-order chi connectivity index (χ1) is 8.67. The van der Waals surface area contributed by atoms with E-state index in [0.717, 1.165) is 26.0 Å². The van der Waals surface area contributed by atoms with Gasteiger partial charge in [-0.1, -0.05) is 19.8 Å². The van der Waals surface area contributed by atoms with Crippen LogP contribution >= 0.6 is 0 Å². The highest BCUT2D eigenvalue weighted by molar-refractivity contribution is 5.75. The van der Waals surface area contributed by atoms with Gasteiger partial charge in [-0.25, -0.2) is 0 Å². The van der Waals surface area contributed by atoms with E-state index >= 15 is 0 Å². The highest BCUT2D eigenvalue weighted by Gasteiger charge is 2.34. The van der Waals surface area contributed by atoms with Crippen molar-refractivity contribution < 1.29 is 14.3 Å². The minimum atomic E-state index is -0.171. The summed E-state index contributed by atoms with van der Waals surface area (Å²) in [5.41, 5.74) is 0.317. The van der Waals surface area contributed by atoms with Crippen LogP contribution in [0.1, 0.15) is 45.4 Å². The molecule has 1 aliphatic rings. The van der Waals surface area contributed by atoms with Crippen molar-refractivity contribution in [3.63, 3.8) is 0 Å². The van der Waals surface area contributed by atoms with Gasteiger partial charge < -0.3 is 14.8 Å². The Morgan fingerprint density at radius 3 is 2.50 bits per heavy atom. The van der Waals surface area contributed by atoms with Crippen LogP contribution in [0.4, 0.5) is 0 Å². The van der Waals surface area contributed by atoms with Gasteiger partial charge in [-0.05, 0) is 31.1 Å². The van der Waals surface area contributed by atoms with Gasteiger partial charge in [0.25, 0.3) is 0 Å². The van der Waals surface area contributed by atoms with Gasteiger partial charge in [0, 0.05) is 20.3 Å². The summed E-state index contributed by atoms with van der Waals surface area (Å²) in [5.74, 6) is -0.155. The molecule has 0 aromatic rings. The second kappa shape index (κ2) is 7.74. The van der Waals surface area contributed by atoms with Crippen molar-refractivity contribution in [2.75, 3.05) is 27.4 Å². The smallest absolute Gasteiger partial charge is 0.322 e. The van der Waals surface area contributed by atoms with E-state index in [0.29, 0.717) is 5.41 Å². The lowest BCUT2D eigenvalue weighted by Crippen LogP contribution is -2.43. The molecule has 0 heterocycles. The molecule has 1 saturated carbocycles. The zero-order valence-corrected chi connectivity index (χ0v) is 12.0. The average molecular weight is 257 g/mol. The molecule has 0 amide bonds. The van der Waals surface area contributed by atoms with Crippen LogP contribution in [0, 0.1) is 5.41 Å². The standard InChI is InChI=1S/C14H27NO3/c1-4-12(13(16)18-3)15-11-14(9-10-17-2)7-5-6-8-14/h12,15H,4-11H2,1-3H3. The maximum atomic E-state index is 11.6. The Hall–Kier alpha value is -0.610. The van der Waals surface area contributed by atoms with Crippen molar-refractivity contribution in [2.24, 2.45) is 5.41 Å². The zero-order chi connectivity index (χ0) is 13.4. The maximum Gasteiger partial charge on any atom is 0.322 e. The molecule has 1 atom stereocenters. The minimum Gasteiger partial charge on any atom is -0.468 e. The van der Waals surface area contributed by atoms with Crippen molar-refractivity contribution >= 4 is 5.97 Å². The summed E-state index contributed by atoms with van der Waals surface area (Å²) in [6.45, 7) is 3.70. The van der Waals surface area contributed by atoms with E-state index in [1.165, 1.54) is 32.8 Å². The Balaban J connectivity index is 2.48. The number of methoxy groups -OCH3 is 2. The van der Waals surface area contributed by atoms with Crippen LogP contribution in [0.3, 0.4) is 0 Å². The molecule has 0 aromatic carbocycles. The van der Waals surface area contributed by atoms with Crippen molar-refractivity contribution in [1.29, 1.82) is 0 Å². The fraction of sp³-hybridized carbons (Fsp3) is 0.929. The number of rotatable bonds is 8. The Bertz CT molecular complexity index is 249. The van der Waals surface area contributed by atoms with Gasteiger partial charge in [0.1, 0.15) is 6.04 Å². The van der Waals surface area contributed by atoms with Crippen molar-refractivity contribution in [2.45, 2.75) is 51.5 Å². The molecule has 0 saturated heterocycles. The van der Waals surface area contributed by atoms with Gasteiger partial charge >= 0.3 is 5.97 Å². The molecule has 1 rings (SSSR count). The predicted octanol–water partition coefficient (Wildman–Crippen LogP) is 2.12. The van der Waals surface area contributed by atoms with Gasteiger partial charge in [-0.3, -0.25) is 4.79 Å². The van der Waals surface area contributed by atoms with E-state index in [1.54, 1.807) is 7.11 Å². The fourth-order valence-corrected chi connectivity index (χ4v) is 2.84. The third kappa shape index (κ3) is 4.25. The summed E-state index contributed by atoms with van der Waals surface area (Å²) in [4.78, 5) is 11.6. The largest absolute Gasteiger partial charge is 0.468 e. The molecule has 0 radical (unpaired) electrons. The van der Waals surface area contributed by atoms with Crippen LogP contribution in [0.2, 0.25) is 0 Å². The van der Waals surface area contributed by atoms with Crippen molar-refractivity contribution in [3.8, 4) is 0 Å². The van der Waals surface area contributed by atoms with Gasteiger partial charge in [-0.15, -0.1) is 0 Å². The highest BCUT2D eigenvalue weighted by Crippen LogP contribution is 2.40. The molecule has 0 aliphatic heterocycles. The lowest BCUT2D eigenvalue weighted by Gasteiger charge is -2.30. The topological polar surface area (TPSA) is 47.6 Å². The summed E-state index contributed by atoms with van der Waals surface area (Å²) in [5, 5.41) is 3.38. The van der Waals surface area contributed by atoms with Crippen LogP contribution < -0.4 is 5.32 Å². The molecule has 0 aromatic heterocycles. The van der Waals surface area contributed by atoms with Gasteiger partial charge in [0.05, 0.1) is 7.11 Å². The van der Waals surface area contributed by atoms with Crippen molar-refractivity contribution in [3.05, 3.63) is 0 Å². The monoisotopic (exact) mass is 257 g/mol. The molecule has 1 N–H and O–H groups in total. The van der Waals surface area contributed by atoms with E-state index in [2.05, 4.69) is 5.32 Å². The van der Waals surface area contributed by atoms with Crippen molar-refractivity contribution in [1.82, 2.24) is 5.32 Å². The van der Waals surface area contributed by atoms with Crippen LogP contribution in [-0.4, -0.2) is 39.4 Å². The third-order valence-electron chi connectivity index (χ3n) is 4.12. The summed E-state index contributed by atoms with van der Waals surface area (Å²) in [7, 11) is 3.20. The molecule has 1 fully saturated rings. The molecule has 1 unspecified atom stereocenters. The Labute approximate surface area is 110 Å².